The summed E-state index contributed by atoms with van der Waals surface area (Å²) in [5.41, 5.74) is 2.57. The predicted octanol–water partition coefficient (Wildman–Crippen LogP) is 4.66. The summed E-state index contributed by atoms with van der Waals surface area (Å²) in [5.74, 6) is 1.57. The number of nitrogens with one attached hydrogen (secondary N) is 1. The average Bonchev–Trinajstić information content (AvgIpc) is 3.27. The van der Waals surface area contributed by atoms with Crippen molar-refractivity contribution in [3.8, 4) is 0 Å². The second-order valence-electron chi connectivity index (χ2n) is 8.91. The Morgan fingerprint density at radius 2 is 1.77 bits per heavy atom. The molecule has 1 aliphatic heterocycles. The van der Waals surface area contributed by atoms with Gasteiger partial charge in [-0.1, -0.05) is 6.92 Å². The van der Waals surface area contributed by atoms with E-state index in [1.54, 1.807) is 31.2 Å². The molecule has 5 rings (SSSR count). The standard InChI is InChI=1S/C26H31N5O3S/c1-3-21-28-23(22-19-7-5-6-8-20(19)35-24(22)29-21)30-13-15-31(16-14-30)26(33)27-18-11-9-17(10-12-18)25(32)34-4-2/h9-12H,3-8,13-16H2,1-2H3,(H,27,33). The van der Waals surface area contributed by atoms with E-state index in [9.17, 15) is 9.59 Å². The lowest BCUT2D eigenvalue weighted by Gasteiger charge is -2.36. The van der Waals surface area contributed by atoms with Crippen LogP contribution < -0.4 is 10.2 Å². The van der Waals surface area contributed by atoms with Crippen LogP contribution in [-0.2, 0) is 24.0 Å². The lowest BCUT2D eigenvalue weighted by molar-refractivity contribution is 0.0526. The summed E-state index contributed by atoms with van der Waals surface area (Å²) in [7, 11) is 0. The Morgan fingerprint density at radius 1 is 1.03 bits per heavy atom. The van der Waals surface area contributed by atoms with Crippen LogP contribution in [-0.4, -0.2) is 59.7 Å². The first-order valence-electron chi connectivity index (χ1n) is 12.5. The van der Waals surface area contributed by atoms with Crippen molar-refractivity contribution in [3.63, 3.8) is 0 Å². The number of aromatic nitrogens is 2. The lowest BCUT2D eigenvalue weighted by atomic mass is 9.97. The minimum atomic E-state index is -0.363. The van der Waals surface area contributed by atoms with Crippen LogP contribution in [0.1, 0.15) is 53.3 Å². The van der Waals surface area contributed by atoms with Crippen LogP contribution in [0.15, 0.2) is 24.3 Å². The van der Waals surface area contributed by atoms with Gasteiger partial charge in [-0.05, 0) is 62.4 Å². The number of amides is 2. The number of rotatable bonds is 5. The molecule has 9 heteroatoms. The molecule has 184 valence electrons. The van der Waals surface area contributed by atoms with E-state index in [4.69, 9.17) is 14.7 Å². The third-order valence-electron chi connectivity index (χ3n) is 6.67. The number of benzene rings is 1. The van der Waals surface area contributed by atoms with Crippen LogP contribution in [0.2, 0.25) is 0 Å². The summed E-state index contributed by atoms with van der Waals surface area (Å²) in [4.78, 5) is 41.3. The number of carbonyl (C=O) groups excluding carboxylic acids is 2. The zero-order chi connectivity index (χ0) is 24.4. The van der Waals surface area contributed by atoms with Crippen molar-refractivity contribution in [2.45, 2.75) is 46.0 Å². The van der Waals surface area contributed by atoms with Crippen LogP contribution in [0.5, 0.6) is 0 Å². The van der Waals surface area contributed by atoms with Gasteiger partial charge in [-0.15, -0.1) is 11.3 Å². The van der Waals surface area contributed by atoms with Crippen molar-refractivity contribution in [3.05, 3.63) is 46.1 Å². The van der Waals surface area contributed by atoms with E-state index in [0.717, 1.165) is 48.8 Å². The number of hydrogen-bond donors (Lipinski definition) is 1. The van der Waals surface area contributed by atoms with E-state index < -0.39 is 0 Å². The van der Waals surface area contributed by atoms with Gasteiger partial charge in [0.05, 0.1) is 17.6 Å². The highest BCUT2D eigenvalue weighted by Gasteiger charge is 2.27. The molecule has 2 aliphatic rings. The molecule has 3 aromatic rings. The van der Waals surface area contributed by atoms with Gasteiger partial charge in [-0.2, -0.15) is 0 Å². The molecule has 2 amide bonds. The molecule has 0 unspecified atom stereocenters. The summed E-state index contributed by atoms with van der Waals surface area (Å²) >= 11 is 1.84. The van der Waals surface area contributed by atoms with Crippen LogP contribution in [0.4, 0.5) is 16.3 Å². The number of aryl methyl sites for hydroxylation is 3. The van der Waals surface area contributed by atoms with Gasteiger partial charge in [0.15, 0.2) is 0 Å². The zero-order valence-electron chi connectivity index (χ0n) is 20.3. The zero-order valence-corrected chi connectivity index (χ0v) is 21.1. The predicted molar refractivity (Wildman–Crippen MR) is 139 cm³/mol. The first kappa shape index (κ1) is 23.5. The summed E-state index contributed by atoms with van der Waals surface area (Å²) in [6.07, 6.45) is 5.54. The number of nitrogens with zero attached hydrogens (tertiary/aromatic N) is 4. The Morgan fingerprint density at radius 3 is 2.49 bits per heavy atom. The van der Waals surface area contributed by atoms with Crippen molar-refractivity contribution in [2.24, 2.45) is 0 Å². The Labute approximate surface area is 209 Å². The minimum absolute atomic E-state index is 0.136. The van der Waals surface area contributed by atoms with E-state index in [1.165, 1.54) is 28.7 Å². The quantitative estimate of drug-likeness (QED) is 0.520. The molecular formula is C26H31N5O3S. The number of anilines is 2. The van der Waals surface area contributed by atoms with Crippen LogP contribution in [0.3, 0.4) is 0 Å². The molecular weight excluding hydrogens is 462 g/mol. The number of ether oxygens (including phenoxy) is 1. The lowest BCUT2D eigenvalue weighted by Crippen LogP contribution is -2.50. The molecule has 0 spiro atoms. The van der Waals surface area contributed by atoms with Crippen LogP contribution in [0.25, 0.3) is 10.2 Å². The fourth-order valence-electron chi connectivity index (χ4n) is 4.80. The molecule has 0 bridgehead atoms. The molecule has 35 heavy (non-hydrogen) atoms. The van der Waals surface area contributed by atoms with Gasteiger partial charge in [0.2, 0.25) is 0 Å². The summed E-state index contributed by atoms with van der Waals surface area (Å²) < 4.78 is 5.01. The maximum atomic E-state index is 12.9. The molecule has 1 saturated heterocycles. The van der Waals surface area contributed by atoms with E-state index >= 15 is 0 Å². The topological polar surface area (TPSA) is 87.7 Å². The second-order valence-corrected chi connectivity index (χ2v) is 9.99. The van der Waals surface area contributed by atoms with E-state index in [0.29, 0.717) is 30.9 Å². The molecule has 1 aromatic carbocycles. The highest BCUT2D eigenvalue weighted by Crippen LogP contribution is 2.40. The van der Waals surface area contributed by atoms with Crippen molar-refractivity contribution in [2.75, 3.05) is 43.0 Å². The van der Waals surface area contributed by atoms with Gasteiger partial charge in [-0.3, -0.25) is 0 Å². The third-order valence-corrected chi connectivity index (χ3v) is 7.86. The van der Waals surface area contributed by atoms with E-state index in [1.807, 2.05) is 16.2 Å². The van der Waals surface area contributed by atoms with Gasteiger partial charge in [0, 0.05) is 43.2 Å². The molecule has 8 nitrogen and oxygen atoms in total. The number of hydrogen-bond acceptors (Lipinski definition) is 7. The summed E-state index contributed by atoms with van der Waals surface area (Å²) in [6.45, 7) is 6.90. The summed E-state index contributed by atoms with van der Waals surface area (Å²) in [5, 5.41) is 4.18. The van der Waals surface area contributed by atoms with Gasteiger partial charge in [0.1, 0.15) is 16.5 Å². The van der Waals surface area contributed by atoms with Crippen molar-refractivity contribution in [1.82, 2.24) is 14.9 Å². The molecule has 1 aliphatic carbocycles. The van der Waals surface area contributed by atoms with Crippen LogP contribution in [0, 0.1) is 0 Å². The Hall–Kier alpha value is -3.20. The maximum absolute atomic E-state index is 12.9. The highest BCUT2D eigenvalue weighted by molar-refractivity contribution is 7.19. The number of esters is 1. The fourth-order valence-corrected chi connectivity index (χ4v) is 6.07. The monoisotopic (exact) mass is 493 g/mol. The maximum Gasteiger partial charge on any atom is 0.338 e. The third kappa shape index (κ3) is 4.82. The van der Waals surface area contributed by atoms with Crippen molar-refractivity contribution in [1.29, 1.82) is 0 Å². The normalized spacial score (nSPS) is 15.7. The Bertz CT molecular complexity index is 1230. The summed E-state index contributed by atoms with van der Waals surface area (Å²) in [6, 6.07) is 6.65. The Balaban J connectivity index is 1.27. The average molecular weight is 494 g/mol. The fraction of sp³-hybridized carbons (Fsp3) is 0.462. The van der Waals surface area contributed by atoms with E-state index in [-0.39, 0.29) is 12.0 Å². The van der Waals surface area contributed by atoms with E-state index in [2.05, 4.69) is 17.1 Å². The molecule has 1 N–H and O–H groups in total. The van der Waals surface area contributed by atoms with Gasteiger partial charge < -0.3 is 19.9 Å². The van der Waals surface area contributed by atoms with Gasteiger partial charge >= 0.3 is 12.0 Å². The first-order valence-corrected chi connectivity index (χ1v) is 13.3. The number of piperazine rings is 1. The molecule has 3 heterocycles. The molecule has 2 aromatic heterocycles. The number of fused-ring (bicyclic) bond motifs is 3. The first-order chi connectivity index (χ1) is 17.1. The number of thiophene rings is 1. The molecule has 0 saturated carbocycles. The van der Waals surface area contributed by atoms with Gasteiger partial charge in [0.25, 0.3) is 0 Å². The molecule has 1 fully saturated rings. The SMILES string of the molecule is CCOC(=O)c1ccc(NC(=O)N2CCN(c3nc(CC)nc4sc5c(c34)CCCC5)CC2)cc1. The van der Waals surface area contributed by atoms with Gasteiger partial charge in [-0.25, -0.2) is 19.6 Å². The smallest absolute Gasteiger partial charge is 0.338 e. The Kier molecular flexibility index (Phi) is 6.86. The number of carbonyl (C=O) groups is 2. The highest BCUT2D eigenvalue weighted by atomic mass is 32.1. The molecule has 0 atom stereocenters. The van der Waals surface area contributed by atoms with Crippen LogP contribution >= 0.6 is 11.3 Å². The van der Waals surface area contributed by atoms with Crippen molar-refractivity contribution < 1.29 is 14.3 Å². The second kappa shape index (κ2) is 10.2. The molecule has 0 radical (unpaired) electrons. The minimum Gasteiger partial charge on any atom is -0.462 e. The van der Waals surface area contributed by atoms with Crippen molar-refractivity contribution >= 4 is 45.1 Å². The largest absolute Gasteiger partial charge is 0.462 e. The number of urea groups is 1.